The minimum absolute atomic E-state index is 0.226. The lowest BCUT2D eigenvalue weighted by Gasteiger charge is -2.13. The van der Waals surface area contributed by atoms with Crippen molar-refractivity contribution in [2.24, 2.45) is 0 Å². The molecule has 0 radical (unpaired) electrons. The fraction of sp³-hybridized carbons (Fsp3) is 0.333. The van der Waals surface area contributed by atoms with Crippen LogP contribution < -0.4 is 5.56 Å². The monoisotopic (exact) mass is 414 g/mol. The average molecular weight is 414 g/mol. The number of benzene rings is 1. The first-order valence-electron chi connectivity index (χ1n) is 9.32. The Morgan fingerprint density at radius 1 is 1.21 bits per heavy atom. The van der Waals surface area contributed by atoms with Gasteiger partial charge in [-0.3, -0.25) is 9.36 Å². The topological polar surface area (TPSA) is 87.5 Å². The highest BCUT2D eigenvalue weighted by Gasteiger charge is 2.24. The molecule has 1 aromatic carbocycles. The maximum Gasteiger partial charge on any atom is 0.348 e. The van der Waals surface area contributed by atoms with Crippen molar-refractivity contribution in [2.45, 2.75) is 33.2 Å². The molecule has 0 aliphatic heterocycles. The van der Waals surface area contributed by atoms with Crippen LogP contribution in [-0.4, -0.2) is 34.7 Å². The summed E-state index contributed by atoms with van der Waals surface area (Å²) in [5.41, 5.74) is 1.20. The van der Waals surface area contributed by atoms with Gasteiger partial charge in [0.15, 0.2) is 0 Å². The molecule has 0 fully saturated rings. The van der Waals surface area contributed by atoms with Crippen LogP contribution in [0.3, 0.4) is 0 Å². The minimum Gasteiger partial charge on any atom is -0.464 e. The van der Waals surface area contributed by atoms with Gasteiger partial charge in [0.1, 0.15) is 15.7 Å². The van der Waals surface area contributed by atoms with E-state index in [-0.39, 0.29) is 18.8 Å². The number of rotatable bonds is 7. The van der Waals surface area contributed by atoms with Crippen LogP contribution in [0, 0.1) is 6.92 Å². The summed E-state index contributed by atoms with van der Waals surface area (Å²) in [6.45, 7) is 5.44. The number of thiophene rings is 1. The van der Waals surface area contributed by atoms with Crippen LogP contribution in [0.5, 0.6) is 0 Å². The van der Waals surface area contributed by atoms with Crippen LogP contribution >= 0.6 is 11.3 Å². The molecule has 0 aliphatic rings. The molecule has 7 nitrogen and oxygen atoms in total. The quantitative estimate of drug-likeness (QED) is 0.552. The molecule has 0 N–H and O–H groups in total. The molecule has 0 saturated carbocycles. The number of aryl methyl sites for hydroxylation is 1. The molecule has 1 unspecified atom stereocenters. The van der Waals surface area contributed by atoms with E-state index in [1.165, 1.54) is 10.9 Å². The highest BCUT2D eigenvalue weighted by Crippen LogP contribution is 2.28. The van der Waals surface area contributed by atoms with Gasteiger partial charge in [0.2, 0.25) is 0 Å². The molecule has 2 heterocycles. The number of nitrogens with zero attached hydrogens (tertiary/aromatic N) is 2. The van der Waals surface area contributed by atoms with Gasteiger partial charge >= 0.3 is 11.9 Å². The normalized spacial score (nSPS) is 12.0. The predicted octanol–water partition coefficient (Wildman–Crippen LogP) is 3.29. The summed E-state index contributed by atoms with van der Waals surface area (Å²) < 4.78 is 11.6. The Balaban J connectivity index is 1.82. The predicted molar refractivity (Wildman–Crippen MR) is 110 cm³/mol. The largest absolute Gasteiger partial charge is 0.464 e. The van der Waals surface area contributed by atoms with E-state index in [1.807, 2.05) is 30.3 Å². The van der Waals surface area contributed by atoms with Crippen LogP contribution in [0.25, 0.3) is 10.2 Å². The molecular formula is C21H22N2O5S. The summed E-state index contributed by atoms with van der Waals surface area (Å²) in [5, 5.41) is 0.323. The van der Waals surface area contributed by atoms with Crippen LogP contribution in [0.15, 0.2) is 41.5 Å². The third-order valence-electron chi connectivity index (χ3n) is 4.57. The van der Waals surface area contributed by atoms with Gasteiger partial charge in [-0.2, -0.15) is 0 Å². The van der Waals surface area contributed by atoms with Gasteiger partial charge in [-0.1, -0.05) is 30.3 Å². The van der Waals surface area contributed by atoms with Crippen molar-refractivity contribution >= 4 is 33.5 Å². The second kappa shape index (κ2) is 9.00. The highest BCUT2D eigenvalue weighted by atomic mass is 32.1. The SMILES string of the molecule is CCOC(=O)C(C)n1cnc2sc(C(=O)OCCc3ccccc3)c(C)c2c1=O. The number of hydrogen-bond acceptors (Lipinski definition) is 7. The average Bonchev–Trinajstić information content (AvgIpc) is 3.06. The molecule has 0 spiro atoms. The Kier molecular flexibility index (Phi) is 6.43. The summed E-state index contributed by atoms with van der Waals surface area (Å²) in [5.74, 6) is -0.991. The van der Waals surface area contributed by atoms with E-state index >= 15 is 0 Å². The molecule has 152 valence electrons. The maximum absolute atomic E-state index is 12.9. The Labute approximate surface area is 171 Å². The van der Waals surface area contributed by atoms with Crippen molar-refractivity contribution in [3.05, 3.63) is 63.0 Å². The number of carbonyl (C=O) groups excluding carboxylic acids is 2. The smallest absolute Gasteiger partial charge is 0.348 e. The van der Waals surface area contributed by atoms with Crippen LogP contribution in [0.1, 0.15) is 40.7 Å². The molecule has 2 aromatic heterocycles. The summed E-state index contributed by atoms with van der Waals surface area (Å²) in [7, 11) is 0. The van der Waals surface area contributed by atoms with Gasteiger partial charge in [0.05, 0.1) is 24.9 Å². The summed E-state index contributed by atoms with van der Waals surface area (Å²) in [6, 6.07) is 8.92. The van der Waals surface area contributed by atoms with Gasteiger partial charge in [0, 0.05) is 6.42 Å². The minimum atomic E-state index is -0.806. The zero-order valence-electron chi connectivity index (χ0n) is 16.5. The lowest BCUT2D eigenvalue weighted by atomic mass is 10.2. The zero-order valence-corrected chi connectivity index (χ0v) is 17.3. The van der Waals surface area contributed by atoms with Gasteiger partial charge in [-0.15, -0.1) is 11.3 Å². The number of esters is 2. The van der Waals surface area contributed by atoms with Crippen LogP contribution in [0.4, 0.5) is 0 Å². The summed E-state index contributed by atoms with van der Waals surface area (Å²) >= 11 is 1.12. The van der Waals surface area contributed by atoms with Gasteiger partial charge in [0.25, 0.3) is 5.56 Å². The van der Waals surface area contributed by atoms with E-state index in [0.29, 0.717) is 27.1 Å². The van der Waals surface area contributed by atoms with E-state index < -0.39 is 18.0 Å². The number of ether oxygens (including phenoxy) is 2. The van der Waals surface area contributed by atoms with Crippen molar-refractivity contribution in [1.29, 1.82) is 0 Å². The molecule has 29 heavy (non-hydrogen) atoms. The first-order valence-corrected chi connectivity index (χ1v) is 10.1. The standard InChI is InChI=1S/C21H22N2O5S/c1-4-27-20(25)14(3)23-12-22-18-16(19(23)24)13(2)17(29-18)21(26)28-11-10-15-8-6-5-7-9-15/h5-9,12,14H,4,10-11H2,1-3H3. The number of fused-ring (bicyclic) bond motifs is 1. The van der Waals surface area contributed by atoms with Crippen molar-refractivity contribution in [1.82, 2.24) is 9.55 Å². The molecule has 0 bridgehead atoms. The molecular weight excluding hydrogens is 392 g/mol. The first kappa shape index (κ1) is 20.7. The van der Waals surface area contributed by atoms with Gasteiger partial charge in [-0.05, 0) is 31.9 Å². The van der Waals surface area contributed by atoms with Gasteiger partial charge < -0.3 is 9.47 Å². The second-order valence-corrected chi connectivity index (χ2v) is 7.49. The fourth-order valence-corrected chi connectivity index (χ4v) is 3.99. The number of carbonyl (C=O) groups is 2. The Hall–Kier alpha value is -3.00. The number of hydrogen-bond donors (Lipinski definition) is 0. The Morgan fingerprint density at radius 2 is 1.93 bits per heavy atom. The molecule has 1 atom stereocenters. The maximum atomic E-state index is 12.9. The Bertz CT molecular complexity index is 1090. The van der Waals surface area contributed by atoms with Crippen molar-refractivity contribution in [2.75, 3.05) is 13.2 Å². The Morgan fingerprint density at radius 3 is 2.62 bits per heavy atom. The molecule has 3 aromatic rings. The van der Waals surface area contributed by atoms with Crippen LogP contribution in [0.2, 0.25) is 0 Å². The van der Waals surface area contributed by atoms with Crippen LogP contribution in [-0.2, 0) is 20.7 Å². The van der Waals surface area contributed by atoms with Crippen molar-refractivity contribution < 1.29 is 19.1 Å². The van der Waals surface area contributed by atoms with E-state index in [4.69, 9.17) is 9.47 Å². The van der Waals surface area contributed by atoms with Crippen molar-refractivity contribution in [3.63, 3.8) is 0 Å². The third kappa shape index (κ3) is 4.37. The second-order valence-electron chi connectivity index (χ2n) is 6.49. The molecule has 3 rings (SSSR count). The number of aromatic nitrogens is 2. The fourth-order valence-electron chi connectivity index (χ4n) is 2.96. The van der Waals surface area contributed by atoms with Crippen molar-refractivity contribution in [3.8, 4) is 0 Å². The van der Waals surface area contributed by atoms with E-state index in [9.17, 15) is 14.4 Å². The highest BCUT2D eigenvalue weighted by molar-refractivity contribution is 7.20. The lowest BCUT2D eigenvalue weighted by Crippen LogP contribution is -2.29. The van der Waals surface area contributed by atoms with Gasteiger partial charge in [-0.25, -0.2) is 14.6 Å². The molecule has 8 heteroatoms. The third-order valence-corrected chi connectivity index (χ3v) is 5.75. The zero-order chi connectivity index (χ0) is 21.0. The summed E-state index contributed by atoms with van der Waals surface area (Å²) in [6.07, 6.45) is 1.92. The molecule has 0 amide bonds. The molecule has 0 saturated heterocycles. The lowest BCUT2D eigenvalue weighted by molar-refractivity contribution is -0.146. The summed E-state index contributed by atoms with van der Waals surface area (Å²) in [4.78, 5) is 42.5. The molecule has 0 aliphatic carbocycles. The van der Waals surface area contributed by atoms with E-state index in [2.05, 4.69) is 4.98 Å². The first-order chi connectivity index (χ1) is 13.9. The van der Waals surface area contributed by atoms with E-state index in [1.54, 1.807) is 20.8 Å². The van der Waals surface area contributed by atoms with E-state index in [0.717, 1.165) is 16.9 Å².